The third-order valence-electron chi connectivity index (χ3n) is 3.42. The molecule has 0 saturated heterocycles. The first-order chi connectivity index (χ1) is 9.22. The van der Waals surface area contributed by atoms with Crippen molar-refractivity contribution in [3.05, 3.63) is 35.9 Å². The molecule has 2 atom stereocenters. The van der Waals surface area contributed by atoms with Gasteiger partial charge in [0, 0.05) is 6.42 Å². The van der Waals surface area contributed by atoms with Gasteiger partial charge in [0.1, 0.15) is 11.1 Å². The number of halogens is 1. The molecule has 0 aromatic heterocycles. The van der Waals surface area contributed by atoms with E-state index in [2.05, 4.69) is 5.32 Å². The molecule has 0 heterocycles. The summed E-state index contributed by atoms with van der Waals surface area (Å²) in [5.41, 5.74) is -3.26. The lowest BCUT2D eigenvalue weighted by molar-refractivity contribution is 0.0428. The number of benzene rings is 1. The Morgan fingerprint density at radius 1 is 1.40 bits per heavy atom. The summed E-state index contributed by atoms with van der Waals surface area (Å²) in [6, 6.07) is 8.54. The van der Waals surface area contributed by atoms with Gasteiger partial charge in [-0.2, -0.15) is 0 Å². The zero-order valence-electron chi connectivity index (χ0n) is 11.9. The minimum absolute atomic E-state index is 0.0414. The van der Waals surface area contributed by atoms with Gasteiger partial charge in [-0.05, 0) is 26.3 Å². The number of nitrogens with one attached hydrogen (secondary N) is 1. The van der Waals surface area contributed by atoms with E-state index in [1.807, 2.05) is 0 Å². The van der Waals surface area contributed by atoms with E-state index in [0.717, 1.165) is 0 Å². The highest BCUT2D eigenvalue weighted by Gasteiger charge is 2.71. The second kappa shape index (κ2) is 4.74. The first-order valence-electron chi connectivity index (χ1n) is 6.59. The van der Waals surface area contributed by atoms with Crippen molar-refractivity contribution in [2.45, 2.75) is 44.0 Å². The maximum absolute atomic E-state index is 14.9. The molecule has 1 saturated carbocycles. The van der Waals surface area contributed by atoms with Gasteiger partial charge in [-0.1, -0.05) is 30.3 Å². The summed E-state index contributed by atoms with van der Waals surface area (Å²) in [5, 5.41) is 12.0. The van der Waals surface area contributed by atoms with Crippen molar-refractivity contribution in [3.63, 3.8) is 0 Å². The Bertz CT molecular complexity index is 500. The van der Waals surface area contributed by atoms with Gasteiger partial charge in [0.25, 0.3) is 0 Å². The van der Waals surface area contributed by atoms with E-state index < -0.39 is 29.5 Å². The number of aliphatic hydroxyl groups excluding tert-OH is 1. The molecule has 1 aliphatic carbocycles. The monoisotopic (exact) mass is 281 g/mol. The first-order valence-corrected chi connectivity index (χ1v) is 6.59. The molecule has 0 bridgehead atoms. The Balaban J connectivity index is 2.12. The van der Waals surface area contributed by atoms with Gasteiger partial charge < -0.3 is 15.2 Å². The number of hydrogen-bond donors (Lipinski definition) is 2. The minimum atomic E-state index is -1.75. The minimum Gasteiger partial charge on any atom is -0.444 e. The lowest BCUT2D eigenvalue weighted by atomic mass is 10.0. The number of carbonyl (C=O) groups is 1. The van der Waals surface area contributed by atoms with Crippen LogP contribution in [0.4, 0.5) is 9.18 Å². The molecule has 1 aliphatic rings. The summed E-state index contributed by atoms with van der Waals surface area (Å²) in [6.07, 6.45) is -0.679. The Morgan fingerprint density at radius 2 is 2.00 bits per heavy atom. The van der Waals surface area contributed by atoms with Crippen molar-refractivity contribution in [1.29, 1.82) is 0 Å². The third-order valence-corrected chi connectivity index (χ3v) is 3.42. The maximum atomic E-state index is 14.9. The average molecular weight is 281 g/mol. The van der Waals surface area contributed by atoms with Crippen LogP contribution >= 0.6 is 0 Å². The van der Waals surface area contributed by atoms with E-state index in [4.69, 9.17) is 4.74 Å². The lowest BCUT2D eigenvalue weighted by Crippen LogP contribution is -2.46. The van der Waals surface area contributed by atoms with Crippen LogP contribution in [0.5, 0.6) is 0 Å². The fourth-order valence-electron chi connectivity index (χ4n) is 2.32. The number of hydrogen-bond acceptors (Lipinski definition) is 3. The van der Waals surface area contributed by atoms with Crippen LogP contribution in [-0.4, -0.2) is 28.9 Å². The van der Waals surface area contributed by atoms with Gasteiger partial charge in [-0.3, -0.25) is 0 Å². The summed E-state index contributed by atoms with van der Waals surface area (Å²) in [5.74, 6) is 0. The van der Waals surface area contributed by atoms with Crippen molar-refractivity contribution in [1.82, 2.24) is 5.32 Å². The molecule has 2 rings (SSSR count). The maximum Gasteiger partial charge on any atom is 0.408 e. The molecule has 4 nitrogen and oxygen atoms in total. The fourth-order valence-corrected chi connectivity index (χ4v) is 2.32. The Morgan fingerprint density at radius 3 is 2.50 bits per heavy atom. The Kier molecular flexibility index (Phi) is 3.50. The fraction of sp³-hybridized carbons (Fsp3) is 0.533. The topological polar surface area (TPSA) is 58.6 Å². The molecule has 0 radical (unpaired) electrons. The van der Waals surface area contributed by atoms with E-state index in [1.165, 1.54) is 0 Å². The molecular weight excluding hydrogens is 261 g/mol. The third kappa shape index (κ3) is 2.63. The summed E-state index contributed by atoms with van der Waals surface area (Å²) in [4.78, 5) is 11.8. The predicted octanol–water partition coefficient (Wildman–Crippen LogP) is 2.51. The largest absolute Gasteiger partial charge is 0.444 e. The van der Waals surface area contributed by atoms with Crippen molar-refractivity contribution in [3.8, 4) is 0 Å². The van der Waals surface area contributed by atoms with Crippen LogP contribution in [0.2, 0.25) is 0 Å². The van der Waals surface area contributed by atoms with Crippen LogP contribution in [0.1, 0.15) is 32.8 Å². The molecule has 1 aromatic carbocycles. The van der Waals surface area contributed by atoms with Crippen LogP contribution in [0, 0.1) is 0 Å². The molecule has 1 fully saturated rings. The highest BCUT2D eigenvalue weighted by molar-refractivity contribution is 5.70. The lowest BCUT2D eigenvalue weighted by Gasteiger charge is -2.24. The molecule has 20 heavy (non-hydrogen) atoms. The number of carbonyl (C=O) groups excluding carboxylic acids is 1. The second-order valence-electron chi connectivity index (χ2n) is 6.21. The summed E-state index contributed by atoms with van der Waals surface area (Å²) < 4.78 is 20.0. The molecule has 0 aliphatic heterocycles. The van der Waals surface area contributed by atoms with E-state index in [9.17, 15) is 14.3 Å². The molecular formula is C15H20FNO3. The smallest absolute Gasteiger partial charge is 0.408 e. The van der Waals surface area contributed by atoms with Crippen molar-refractivity contribution in [2.24, 2.45) is 0 Å². The molecule has 1 amide bonds. The van der Waals surface area contributed by atoms with Crippen LogP contribution in [0.15, 0.2) is 30.3 Å². The highest BCUT2D eigenvalue weighted by atomic mass is 19.1. The zero-order valence-corrected chi connectivity index (χ0v) is 11.9. The van der Waals surface area contributed by atoms with E-state index in [0.29, 0.717) is 5.56 Å². The van der Waals surface area contributed by atoms with Gasteiger partial charge in [0.2, 0.25) is 0 Å². The normalized spacial score (nSPS) is 28.9. The Labute approximate surface area is 117 Å². The van der Waals surface area contributed by atoms with E-state index in [1.54, 1.807) is 51.1 Å². The predicted molar refractivity (Wildman–Crippen MR) is 73.0 cm³/mol. The first kappa shape index (κ1) is 14.8. The molecule has 0 unspecified atom stereocenters. The number of aliphatic hydroxyl groups is 1. The number of ether oxygens (including phenoxy) is 1. The van der Waals surface area contributed by atoms with Crippen molar-refractivity contribution < 1.29 is 19.0 Å². The quantitative estimate of drug-likeness (QED) is 0.895. The molecule has 2 N–H and O–H groups in total. The van der Waals surface area contributed by atoms with E-state index >= 15 is 0 Å². The number of alkyl halides is 1. The van der Waals surface area contributed by atoms with E-state index in [-0.39, 0.29) is 6.42 Å². The molecule has 1 aromatic rings. The second-order valence-corrected chi connectivity index (χ2v) is 6.21. The SMILES string of the molecule is CC(C)(C)OC(=O)N[C@@]1(CO)C[C@]1(F)c1ccccc1. The highest BCUT2D eigenvalue weighted by Crippen LogP contribution is 2.58. The zero-order chi connectivity index (χ0) is 15.0. The summed E-state index contributed by atoms with van der Waals surface area (Å²) >= 11 is 0. The molecule has 5 heteroatoms. The van der Waals surface area contributed by atoms with Gasteiger partial charge in [-0.15, -0.1) is 0 Å². The molecule has 0 spiro atoms. The van der Waals surface area contributed by atoms with Gasteiger partial charge >= 0.3 is 6.09 Å². The average Bonchev–Trinajstić information content (AvgIpc) is 2.95. The van der Waals surface area contributed by atoms with Crippen LogP contribution < -0.4 is 5.32 Å². The van der Waals surface area contributed by atoms with Gasteiger partial charge in [0.15, 0.2) is 5.67 Å². The van der Waals surface area contributed by atoms with Crippen LogP contribution in [-0.2, 0) is 10.4 Å². The summed E-state index contributed by atoms with van der Waals surface area (Å²) in [7, 11) is 0. The number of amides is 1. The van der Waals surface area contributed by atoms with Crippen molar-refractivity contribution in [2.75, 3.05) is 6.61 Å². The van der Waals surface area contributed by atoms with Crippen LogP contribution in [0.25, 0.3) is 0 Å². The summed E-state index contributed by atoms with van der Waals surface area (Å²) in [6.45, 7) is 4.71. The standard InChI is InChI=1S/C15H20FNO3/c1-13(2,3)20-12(19)17-14(10-18)9-15(14,16)11-7-5-4-6-8-11/h4-8,18H,9-10H2,1-3H3,(H,17,19)/t14-,15+/m1/s1. The van der Waals surface area contributed by atoms with Crippen LogP contribution in [0.3, 0.4) is 0 Å². The van der Waals surface area contributed by atoms with Gasteiger partial charge in [0.05, 0.1) is 6.61 Å². The van der Waals surface area contributed by atoms with Crippen molar-refractivity contribution >= 4 is 6.09 Å². The Hall–Kier alpha value is -1.62. The van der Waals surface area contributed by atoms with Gasteiger partial charge in [-0.25, -0.2) is 9.18 Å². The number of alkyl carbamates (subject to hydrolysis) is 1. The molecule has 110 valence electrons. The number of rotatable bonds is 3.